The second kappa shape index (κ2) is 8.23. The van der Waals surface area contributed by atoms with Crippen LogP contribution in [0, 0.1) is 14.9 Å². The van der Waals surface area contributed by atoms with Crippen LogP contribution in [0.1, 0.15) is 12.5 Å². The Balaban J connectivity index is 1.84. The summed E-state index contributed by atoms with van der Waals surface area (Å²) >= 11 is 5.21. The molecule has 0 aliphatic carbocycles. The number of nitro benzene ring substituents is 1. The first-order chi connectivity index (χ1) is 13.1. The maximum Gasteiger partial charge on any atom is 0.278 e. The van der Waals surface area contributed by atoms with Gasteiger partial charge in [-0.05, 0) is 49.5 Å². The van der Waals surface area contributed by atoms with Gasteiger partial charge in [-0.1, -0.05) is 12.1 Å². The molecule has 1 heterocycles. The number of rotatable bonds is 7. The van der Waals surface area contributed by atoms with Crippen LogP contribution in [-0.4, -0.2) is 32.6 Å². The summed E-state index contributed by atoms with van der Waals surface area (Å²) < 4.78 is 7.20. The quantitative estimate of drug-likeness (QED) is 0.279. The van der Waals surface area contributed by atoms with Crippen molar-refractivity contribution in [3.05, 3.63) is 69.0 Å². The van der Waals surface area contributed by atoms with Gasteiger partial charge in [0.25, 0.3) is 5.69 Å². The van der Waals surface area contributed by atoms with E-state index in [0.29, 0.717) is 22.8 Å². The van der Waals surface area contributed by atoms with E-state index >= 15 is 0 Å². The molecule has 27 heavy (non-hydrogen) atoms. The van der Waals surface area contributed by atoms with Gasteiger partial charge in [0.1, 0.15) is 5.75 Å². The maximum absolute atomic E-state index is 11.1. The third kappa shape index (κ3) is 4.18. The van der Waals surface area contributed by atoms with Crippen molar-refractivity contribution in [2.24, 2.45) is 5.10 Å². The average molecular weight is 384 g/mol. The molecule has 0 amide bonds. The first-order valence-corrected chi connectivity index (χ1v) is 8.44. The van der Waals surface area contributed by atoms with E-state index in [1.807, 2.05) is 31.2 Å². The standard InChI is InChI=1S/C17H16N6O3S/c1-2-26-14-9-7-12(8-10-14)16-19-20-17(27)22(16)21-18-11-13-5-3-4-6-15(13)23(24)25/h3-11,21H,2H2,1H3,(H,20,27). The third-order valence-corrected chi connectivity index (χ3v) is 3.86. The number of hydrogen-bond donors (Lipinski definition) is 2. The summed E-state index contributed by atoms with van der Waals surface area (Å²) in [6.45, 7) is 2.50. The van der Waals surface area contributed by atoms with Crippen LogP contribution in [0.15, 0.2) is 53.6 Å². The Hall–Kier alpha value is -3.53. The van der Waals surface area contributed by atoms with Crippen molar-refractivity contribution in [1.29, 1.82) is 0 Å². The lowest BCUT2D eigenvalue weighted by Gasteiger charge is -2.07. The Morgan fingerprint density at radius 1 is 1.33 bits per heavy atom. The van der Waals surface area contributed by atoms with Gasteiger partial charge < -0.3 is 4.74 Å². The van der Waals surface area contributed by atoms with Crippen LogP contribution >= 0.6 is 12.2 Å². The zero-order valence-corrected chi connectivity index (χ0v) is 15.1. The topological polar surface area (TPSA) is 110 Å². The van der Waals surface area contributed by atoms with E-state index in [0.717, 1.165) is 11.3 Å². The predicted octanol–water partition coefficient (Wildman–Crippen LogP) is 3.49. The second-order valence-electron chi connectivity index (χ2n) is 5.32. The molecule has 0 unspecified atom stereocenters. The van der Waals surface area contributed by atoms with Crippen LogP contribution in [0.4, 0.5) is 5.69 Å². The van der Waals surface area contributed by atoms with Crippen molar-refractivity contribution in [1.82, 2.24) is 14.9 Å². The highest BCUT2D eigenvalue weighted by molar-refractivity contribution is 7.71. The maximum atomic E-state index is 11.1. The van der Waals surface area contributed by atoms with Crippen molar-refractivity contribution < 1.29 is 9.66 Å². The molecule has 0 bridgehead atoms. The van der Waals surface area contributed by atoms with E-state index in [1.54, 1.807) is 18.2 Å². The van der Waals surface area contributed by atoms with E-state index in [2.05, 4.69) is 20.8 Å². The molecule has 10 heteroatoms. The number of nitrogens with one attached hydrogen (secondary N) is 2. The fourth-order valence-corrected chi connectivity index (χ4v) is 2.54. The molecular formula is C17H16N6O3S. The first-order valence-electron chi connectivity index (χ1n) is 8.03. The number of H-pyrrole nitrogens is 1. The van der Waals surface area contributed by atoms with Crippen LogP contribution in [-0.2, 0) is 0 Å². The fourth-order valence-electron chi connectivity index (χ4n) is 2.37. The third-order valence-electron chi connectivity index (χ3n) is 3.59. The number of aromatic amines is 1. The van der Waals surface area contributed by atoms with Gasteiger partial charge in [0.05, 0.1) is 23.3 Å². The Bertz CT molecular complexity index is 1030. The van der Waals surface area contributed by atoms with Crippen molar-refractivity contribution in [3.8, 4) is 17.1 Å². The first kappa shape index (κ1) is 18.3. The van der Waals surface area contributed by atoms with Gasteiger partial charge in [-0.2, -0.15) is 14.9 Å². The molecule has 3 aromatic rings. The number of ether oxygens (including phenoxy) is 1. The summed E-state index contributed by atoms with van der Waals surface area (Å²) in [5.41, 5.74) is 3.87. The van der Waals surface area contributed by atoms with Crippen LogP contribution in [0.5, 0.6) is 5.75 Å². The number of nitrogens with zero attached hydrogens (tertiary/aromatic N) is 4. The molecular weight excluding hydrogens is 368 g/mol. The SMILES string of the molecule is CCOc1ccc(-c2n[nH]c(=S)n2NN=Cc2ccccc2[N+](=O)[O-])cc1. The van der Waals surface area contributed by atoms with Gasteiger partial charge >= 0.3 is 0 Å². The van der Waals surface area contributed by atoms with E-state index < -0.39 is 4.92 Å². The van der Waals surface area contributed by atoms with E-state index in [1.165, 1.54) is 17.0 Å². The molecule has 0 aliphatic rings. The highest BCUT2D eigenvalue weighted by atomic mass is 32.1. The molecule has 0 atom stereocenters. The van der Waals surface area contributed by atoms with Crippen molar-refractivity contribution >= 4 is 24.1 Å². The Morgan fingerprint density at radius 2 is 2.07 bits per heavy atom. The van der Waals surface area contributed by atoms with Crippen molar-refractivity contribution in [2.45, 2.75) is 6.92 Å². The van der Waals surface area contributed by atoms with Crippen LogP contribution in [0.3, 0.4) is 0 Å². The summed E-state index contributed by atoms with van der Waals surface area (Å²) in [6.07, 6.45) is 1.36. The Labute approximate surface area is 159 Å². The van der Waals surface area contributed by atoms with Gasteiger partial charge in [0.15, 0.2) is 5.82 Å². The van der Waals surface area contributed by atoms with E-state index in [9.17, 15) is 10.1 Å². The number of benzene rings is 2. The van der Waals surface area contributed by atoms with Crippen molar-refractivity contribution in [3.63, 3.8) is 0 Å². The minimum Gasteiger partial charge on any atom is -0.494 e. The molecule has 2 N–H and O–H groups in total. The lowest BCUT2D eigenvalue weighted by Crippen LogP contribution is -2.11. The number of aromatic nitrogens is 3. The molecule has 0 saturated heterocycles. The summed E-state index contributed by atoms with van der Waals surface area (Å²) in [6, 6.07) is 13.7. The minimum absolute atomic E-state index is 0.0365. The molecule has 0 radical (unpaired) electrons. The highest BCUT2D eigenvalue weighted by Gasteiger charge is 2.11. The molecule has 0 fully saturated rings. The highest BCUT2D eigenvalue weighted by Crippen LogP contribution is 2.20. The molecule has 0 saturated carbocycles. The van der Waals surface area contributed by atoms with Gasteiger partial charge in [-0.25, -0.2) is 10.6 Å². The number of nitro groups is 1. The van der Waals surface area contributed by atoms with Gasteiger partial charge in [0, 0.05) is 11.6 Å². The van der Waals surface area contributed by atoms with Gasteiger partial charge in [-0.3, -0.25) is 10.1 Å². The molecule has 0 aliphatic heterocycles. The monoisotopic (exact) mass is 384 g/mol. The smallest absolute Gasteiger partial charge is 0.278 e. The lowest BCUT2D eigenvalue weighted by atomic mass is 10.2. The molecule has 138 valence electrons. The lowest BCUT2D eigenvalue weighted by molar-refractivity contribution is -0.385. The molecule has 9 nitrogen and oxygen atoms in total. The van der Waals surface area contributed by atoms with Crippen LogP contribution in [0.2, 0.25) is 0 Å². The number of para-hydroxylation sites is 1. The summed E-state index contributed by atoms with van der Waals surface area (Å²) in [4.78, 5) is 10.6. The fraction of sp³-hybridized carbons (Fsp3) is 0.118. The van der Waals surface area contributed by atoms with Crippen LogP contribution < -0.4 is 10.3 Å². The van der Waals surface area contributed by atoms with Gasteiger partial charge in [-0.15, -0.1) is 0 Å². The molecule has 1 aromatic heterocycles. The normalized spacial score (nSPS) is 10.9. The number of hydrogen-bond acceptors (Lipinski definition) is 7. The zero-order valence-electron chi connectivity index (χ0n) is 14.3. The van der Waals surface area contributed by atoms with E-state index in [4.69, 9.17) is 17.0 Å². The van der Waals surface area contributed by atoms with E-state index in [-0.39, 0.29) is 5.69 Å². The zero-order chi connectivity index (χ0) is 19.2. The molecule has 3 rings (SSSR count). The largest absolute Gasteiger partial charge is 0.494 e. The Kier molecular flexibility index (Phi) is 5.57. The summed E-state index contributed by atoms with van der Waals surface area (Å²) in [5.74, 6) is 1.27. The van der Waals surface area contributed by atoms with Crippen molar-refractivity contribution in [2.75, 3.05) is 12.1 Å². The number of hydrazone groups is 1. The minimum atomic E-state index is -0.462. The Morgan fingerprint density at radius 3 is 2.78 bits per heavy atom. The van der Waals surface area contributed by atoms with Gasteiger partial charge in [0.2, 0.25) is 4.77 Å². The molecule has 2 aromatic carbocycles. The summed E-state index contributed by atoms with van der Waals surface area (Å²) in [5, 5.41) is 22.0. The average Bonchev–Trinajstić information content (AvgIpc) is 3.04. The predicted molar refractivity (Wildman–Crippen MR) is 104 cm³/mol. The molecule has 0 spiro atoms. The summed E-state index contributed by atoms with van der Waals surface area (Å²) in [7, 11) is 0. The van der Waals surface area contributed by atoms with Crippen LogP contribution in [0.25, 0.3) is 11.4 Å². The second-order valence-corrected chi connectivity index (χ2v) is 5.71.